The second-order valence-electron chi connectivity index (χ2n) is 3.91. The number of H-pyrrole nitrogens is 1. The molecule has 0 saturated heterocycles. The van der Waals surface area contributed by atoms with E-state index >= 15 is 0 Å². The highest BCUT2D eigenvalue weighted by molar-refractivity contribution is 9.10. The van der Waals surface area contributed by atoms with Gasteiger partial charge in [0, 0.05) is 29.5 Å². The van der Waals surface area contributed by atoms with Crippen molar-refractivity contribution in [2.45, 2.75) is 13.0 Å². The van der Waals surface area contributed by atoms with E-state index in [4.69, 9.17) is 0 Å². The van der Waals surface area contributed by atoms with Gasteiger partial charge in [-0.1, -0.05) is 0 Å². The number of pyridine rings is 1. The Morgan fingerprint density at radius 2 is 2.33 bits per heavy atom. The molecule has 0 unspecified atom stereocenters. The molecule has 5 nitrogen and oxygen atoms in total. The number of nitrogens with one attached hydrogen (secondary N) is 2. The number of rotatable bonds is 4. The Kier molecular flexibility index (Phi) is 5.74. The molecule has 7 heteroatoms. The lowest BCUT2D eigenvalue weighted by Gasteiger charge is -2.24. The Hall–Kier alpha value is -0.950. The third kappa shape index (κ3) is 4.06. The number of thioether (sulfide) groups is 1. The Balaban J connectivity index is 2.75. The van der Waals surface area contributed by atoms with Crippen molar-refractivity contribution < 1.29 is 4.79 Å². The fourth-order valence-electron chi connectivity index (χ4n) is 1.31. The summed E-state index contributed by atoms with van der Waals surface area (Å²) in [6.45, 7) is 1.96. The largest absolute Gasteiger partial charge is 0.326 e. The number of urea groups is 1. The number of hydrogen-bond acceptors (Lipinski definition) is 3. The van der Waals surface area contributed by atoms with Crippen LogP contribution in [0.25, 0.3) is 0 Å². The molecule has 1 heterocycles. The summed E-state index contributed by atoms with van der Waals surface area (Å²) in [5.41, 5.74) is -0.0879. The van der Waals surface area contributed by atoms with Crippen molar-refractivity contribution in [2.75, 3.05) is 24.4 Å². The molecule has 0 aliphatic heterocycles. The molecular formula is C11H16BrN3O2S. The highest BCUT2D eigenvalue weighted by Gasteiger charge is 2.16. The third-order valence-corrected chi connectivity index (χ3v) is 3.77. The molecule has 0 aliphatic carbocycles. The van der Waals surface area contributed by atoms with E-state index in [0.717, 1.165) is 5.75 Å². The van der Waals surface area contributed by atoms with Gasteiger partial charge in [-0.15, -0.1) is 0 Å². The van der Waals surface area contributed by atoms with E-state index in [1.807, 2.05) is 13.2 Å². The van der Waals surface area contributed by atoms with Crippen molar-refractivity contribution in [3.8, 4) is 0 Å². The van der Waals surface area contributed by atoms with Gasteiger partial charge in [0.15, 0.2) is 0 Å². The lowest BCUT2D eigenvalue weighted by Crippen LogP contribution is -2.40. The summed E-state index contributed by atoms with van der Waals surface area (Å²) in [5.74, 6) is 0.846. The molecule has 0 spiro atoms. The van der Waals surface area contributed by atoms with Crippen molar-refractivity contribution in [3.05, 3.63) is 27.1 Å². The van der Waals surface area contributed by atoms with Gasteiger partial charge in [-0.2, -0.15) is 11.8 Å². The fraction of sp³-hybridized carbons (Fsp3) is 0.455. The number of amides is 2. The first-order valence-electron chi connectivity index (χ1n) is 5.36. The quantitative estimate of drug-likeness (QED) is 0.888. The van der Waals surface area contributed by atoms with Crippen LogP contribution >= 0.6 is 27.7 Å². The molecule has 100 valence electrons. The van der Waals surface area contributed by atoms with Crippen LogP contribution in [0.5, 0.6) is 0 Å². The maximum Gasteiger partial charge on any atom is 0.322 e. The van der Waals surface area contributed by atoms with Crippen LogP contribution in [0.3, 0.4) is 0 Å². The molecule has 0 saturated carbocycles. The fourth-order valence-corrected chi connectivity index (χ4v) is 2.36. The van der Waals surface area contributed by atoms with Crippen LogP contribution in [0.15, 0.2) is 21.5 Å². The van der Waals surface area contributed by atoms with Gasteiger partial charge in [-0.25, -0.2) is 4.79 Å². The minimum absolute atomic E-state index is 0.103. The Labute approximate surface area is 118 Å². The average Bonchev–Trinajstić information content (AvgIpc) is 2.33. The van der Waals surface area contributed by atoms with Crippen molar-refractivity contribution in [1.82, 2.24) is 9.88 Å². The van der Waals surface area contributed by atoms with Crippen molar-refractivity contribution >= 4 is 39.4 Å². The van der Waals surface area contributed by atoms with Gasteiger partial charge >= 0.3 is 6.03 Å². The van der Waals surface area contributed by atoms with E-state index in [9.17, 15) is 9.59 Å². The number of aromatic amines is 1. The Bertz CT molecular complexity index is 478. The van der Waals surface area contributed by atoms with E-state index in [0.29, 0.717) is 4.47 Å². The van der Waals surface area contributed by atoms with Gasteiger partial charge < -0.3 is 15.2 Å². The first kappa shape index (κ1) is 15.1. The third-order valence-electron chi connectivity index (χ3n) is 2.50. The van der Waals surface area contributed by atoms with Crippen molar-refractivity contribution in [2.24, 2.45) is 0 Å². The van der Waals surface area contributed by atoms with Crippen LogP contribution in [0, 0.1) is 0 Å². The highest BCUT2D eigenvalue weighted by Crippen LogP contribution is 2.11. The van der Waals surface area contributed by atoms with Gasteiger partial charge in [0.05, 0.1) is 0 Å². The lowest BCUT2D eigenvalue weighted by molar-refractivity contribution is 0.212. The van der Waals surface area contributed by atoms with Crippen LogP contribution in [0.1, 0.15) is 6.92 Å². The zero-order valence-corrected chi connectivity index (χ0v) is 12.9. The number of anilines is 1. The van der Waals surface area contributed by atoms with Crippen molar-refractivity contribution in [1.29, 1.82) is 0 Å². The van der Waals surface area contributed by atoms with E-state index < -0.39 is 0 Å². The Morgan fingerprint density at radius 3 is 2.94 bits per heavy atom. The van der Waals surface area contributed by atoms with Crippen LogP contribution in [-0.2, 0) is 0 Å². The average molecular weight is 334 g/mol. The van der Waals surface area contributed by atoms with Crippen LogP contribution in [0.4, 0.5) is 10.5 Å². The number of nitrogens with zero attached hydrogens (tertiary/aromatic N) is 1. The van der Waals surface area contributed by atoms with Crippen molar-refractivity contribution in [3.63, 3.8) is 0 Å². The summed E-state index contributed by atoms with van der Waals surface area (Å²) in [6.07, 6.45) is 3.51. The molecule has 1 aromatic rings. The first-order valence-corrected chi connectivity index (χ1v) is 7.55. The minimum Gasteiger partial charge on any atom is -0.326 e. The maximum absolute atomic E-state index is 11.9. The number of carbonyl (C=O) groups is 1. The van der Waals surface area contributed by atoms with Gasteiger partial charge in [0.25, 0.3) is 5.56 Å². The molecule has 0 fully saturated rings. The molecule has 0 bridgehead atoms. The molecule has 1 atom stereocenters. The molecule has 0 radical (unpaired) electrons. The molecule has 2 amide bonds. The molecule has 0 aliphatic rings. The van der Waals surface area contributed by atoms with Gasteiger partial charge in [0.1, 0.15) is 5.69 Å². The Morgan fingerprint density at radius 1 is 1.67 bits per heavy atom. The van der Waals surface area contributed by atoms with Gasteiger partial charge in [-0.3, -0.25) is 4.79 Å². The number of carbonyl (C=O) groups excluding carboxylic acids is 1. The summed E-state index contributed by atoms with van der Waals surface area (Å²) in [4.78, 5) is 27.5. The monoisotopic (exact) mass is 333 g/mol. The molecule has 18 heavy (non-hydrogen) atoms. The SMILES string of the molecule is CSC[C@@H](C)N(C)C(=O)Nc1cc(Br)c[nH]c1=O. The smallest absolute Gasteiger partial charge is 0.322 e. The summed E-state index contributed by atoms with van der Waals surface area (Å²) in [6, 6.07) is 1.38. The normalized spacial score (nSPS) is 12.0. The second kappa shape index (κ2) is 6.84. The number of aromatic nitrogens is 1. The standard InChI is InChI=1S/C11H16BrN3O2S/c1-7(6-18-3)15(2)11(17)14-9-4-8(12)5-13-10(9)16/h4-5,7H,6H2,1-3H3,(H,13,16)(H,14,17)/t7-/m1/s1. The lowest BCUT2D eigenvalue weighted by atomic mass is 10.3. The zero-order chi connectivity index (χ0) is 13.7. The van der Waals surface area contributed by atoms with Crippen LogP contribution in [0.2, 0.25) is 0 Å². The first-order chi connectivity index (χ1) is 8.45. The van der Waals surface area contributed by atoms with E-state index in [-0.39, 0.29) is 23.3 Å². The molecule has 0 aromatic carbocycles. The van der Waals surface area contributed by atoms with Crippen LogP contribution < -0.4 is 10.9 Å². The van der Waals surface area contributed by atoms with E-state index in [2.05, 4.69) is 26.2 Å². The van der Waals surface area contributed by atoms with Gasteiger partial charge in [0.2, 0.25) is 0 Å². The summed E-state index contributed by atoms with van der Waals surface area (Å²) < 4.78 is 0.706. The summed E-state index contributed by atoms with van der Waals surface area (Å²) in [5, 5.41) is 2.59. The molecule has 1 rings (SSSR count). The molecule has 2 N–H and O–H groups in total. The minimum atomic E-state index is -0.322. The second-order valence-corrected chi connectivity index (χ2v) is 5.73. The molecule has 1 aromatic heterocycles. The summed E-state index contributed by atoms with van der Waals surface area (Å²) >= 11 is 4.91. The number of hydrogen-bond donors (Lipinski definition) is 2. The van der Waals surface area contributed by atoms with Gasteiger partial charge in [-0.05, 0) is 35.2 Å². The van der Waals surface area contributed by atoms with E-state index in [1.54, 1.807) is 29.8 Å². The van der Waals surface area contributed by atoms with E-state index in [1.165, 1.54) is 6.20 Å². The highest BCUT2D eigenvalue weighted by atomic mass is 79.9. The number of halogens is 1. The zero-order valence-electron chi connectivity index (χ0n) is 10.5. The summed E-state index contributed by atoms with van der Waals surface area (Å²) in [7, 11) is 1.71. The maximum atomic E-state index is 11.9. The predicted molar refractivity (Wildman–Crippen MR) is 79.4 cm³/mol. The van der Waals surface area contributed by atoms with Crippen LogP contribution in [-0.4, -0.2) is 41.0 Å². The molecular weight excluding hydrogens is 318 g/mol. The topological polar surface area (TPSA) is 65.2 Å². The predicted octanol–water partition coefficient (Wildman–Crippen LogP) is 2.35.